The second kappa shape index (κ2) is 10.1. The van der Waals surface area contributed by atoms with Crippen LogP contribution in [0.1, 0.15) is 52.6 Å². The highest BCUT2D eigenvalue weighted by Crippen LogP contribution is 2.37. The van der Waals surface area contributed by atoms with Crippen LogP contribution < -0.4 is 5.32 Å². The zero-order chi connectivity index (χ0) is 25.1. The van der Waals surface area contributed by atoms with Crippen LogP contribution in [0.15, 0.2) is 91.1 Å². The van der Waals surface area contributed by atoms with E-state index in [1.54, 1.807) is 31.2 Å². The van der Waals surface area contributed by atoms with Crippen molar-refractivity contribution in [3.05, 3.63) is 119 Å². The number of carbonyl (C=O) groups excluding carboxylic acids is 2. The van der Waals surface area contributed by atoms with Crippen molar-refractivity contribution >= 4 is 17.7 Å². The topological polar surface area (TPSA) is 63.6 Å². The van der Waals surface area contributed by atoms with Gasteiger partial charge in [-0.15, -0.1) is 0 Å². The van der Waals surface area contributed by atoms with Crippen LogP contribution in [0.2, 0.25) is 0 Å². The van der Waals surface area contributed by atoms with Crippen molar-refractivity contribution in [1.29, 1.82) is 0 Å². The molecule has 0 saturated heterocycles. The Kier molecular flexibility index (Phi) is 6.58. The summed E-state index contributed by atoms with van der Waals surface area (Å²) in [6.45, 7) is 4.62. The first-order valence-electron chi connectivity index (χ1n) is 12.3. The van der Waals surface area contributed by atoms with Gasteiger partial charge < -0.3 is 19.5 Å². The molecule has 182 valence electrons. The lowest BCUT2D eigenvalue weighted by Crippen LogP contribution is -2.38. The van der Waals surface area contributed by atoms with Gasteiger partial charge in [0.15, 0.2) is 0 Å². The molecule has 0 saturated carbocycles. The largest absolute Gasteiger partial charge is 0.462 e. The molecule has 1 aromatic heterocycles. The molecule has 2 heterocycles. The lowest BCUT2D eigenvalue weighted by molar-refractivity contribution is 0.0526. The molecule has 1 N–H and O–H groups in total. The zero-order valence-corrected chi connectivity index (χ0v) is 20.5. The third kappa shape index (κ3) is 4.50. The van der Waals surface area contributed by atoms with Crippen LogP contribution >= 0.6 is 0 Å². The first-order valence-corrected chi connectivity index (χ1v) is 12.3. The van der Waals surface area contributed by atoms with E-state index in [1.165, 1.54) is 5.56 Å². The maximum atomic E-state index is 13.9. The summed E-state index contributed by atoms with van der Waals surface area (Å²) < 4.78 is 7.29. The Morgan fingerprint density at radius 3 is 2.53 bits per heavy atom. The summed E-state index contributed by atoms with van der Waals surface area (Å²) in [5, 5.41) is 3.02. The number of benzene rings is 3. The van der Waals surface area contributed by atoms with Crippen LogP contribution in [-0.4, -0.2) is 28.1 Å². The number of hydrogen-bond acceptors (Lipinski definition) is 3. The van der Waals surface area contributed by atoms with Crippen molar-refractivity contribution in [2.24, 2.45) is 0 Å². The van der Waals surface area contributed by atoms with E-state index in [-0.39, 0.29) is 12.1 Å². The standard InChI is InChI=1S/C30H29N3O3/c1-3-21-14-16-22(17-15-21)28-27-13-8-18-32(27)26-12-6-5-9-24(26)20-33(28)30(35)31-25-11-7-10-23(19-25)29(34)36-4-2/h5-19,28H,3-4,20H2,1-2H3,(H,31,35)/t28-/m0/s1. The van der Waals surface area contributed by atoms with Gasteiger partial charge in [0.25, 0.3) is 0 Å². The molecular weight excluding hydrogens is 450 g/mol. The highest BCUT2D eigenvalue weighted by atomic mass is 16.5. The van der Waals surface area contributed by atoms with Crippen molar-refractivity contribution in [2.45, 2.75) is 32.9 Å². The van der Waals surface area contributed by atoms with Gasteiger partial charge in [-0.1, -0.05) is 55.5 Å². The number of urea groups is 1. The van der Waals surface area contributed by atoms with E-state index in [2.05, 4.69) is 59.3 Å². The number of fused-ring (bicyclic) bond motifs is 3. The second-order valence-electron chi connectivity index (χ2n) is 8.79. The van der Waals surface area contributed by atoms with Gasteiger partial charge in [0, 0.05) is 17.6 Å². The molecule has 0 radical (unpaired) electrons. The molecule has 2 amide bonds. The fraction of sp³-hybridized carbons (Fsp3) is 0.200. The molecule has 0 fully saturated rings. The Labute approximate surface area is 211 Å². The van der Waals surface area contributed by atoms with Gasteiger partial charge in [0.1, 0.15) is 0 Å². The van der Waals surface area contributed by atoms with Gasteiger partial charge in [0.05, 0.1) is 30.4 Å². The van der Waals surface area contributed by atoms with E-state index in [9.17, 15) is 9.59 Å². The molecule has 0 spiro atoms. The molecule has 0 unspecified atom stereocenters. The normalized spacial score (nSPS) is 14.4. The number of hydrogen-bond donors (Lipinski definition) is 1. The minimum Gasteiger partial charge on any atom is -0.462 e. The molecule has 1 aliphatic rings. The number of para-hydroxylation sites is 1. The van der Waals surface area contributed by atoms with Gasteiger partial charge in [-0.2, -0.15) is 0 Å². The van der Waals surface area contributed by atoms with Crippen molar-refractivity contribution in [2.75, 3.05) is 11.9 Å². The van der Waals surface area contributed by atoms with E-state index >= 15 is 0 Å². The predicted octanol–water partition coefficient (Wildman–Crippen LogP) is 6.35. The quantitative estimate of drug-likeness (QED) is 0.339. The monoisotopic (exact) mass is 479 g/mol. The van der Waals surface area contributed by atoms with Crippen LogP contribution in [0.3, 0.4) is 0 Å². The first kappa shape index (κ1) is 23.4. The van der Waals surface area contributed by atoms with Gasteiger partial charge in [0.2, 0.25) is 0 Å². The van der Waals surface area contributed by atoms with Crippen LogP contribution in [0.5, 0.6) is 0 Å². The van der Waals surface area contributed by atoms with E-state index in [0.29, 0.717) is 24.4 Å². The minimum absolute atomic E-state index is 0.245. The summed E-state index contributed by atoms with van der Waals surface area (Å²) in [6, 6.07) is 27.0. The summed E-state index contributed by atoms with van der Waals surface area (Å²) >= 11 is 0. The molecule has 6 nitrogen and oxygen atoms in total. The Bertz CT molecular complexity index is 1390. The van der Waals surface area contributed by atoms with Crippen LogP contribution in [0.25, 0.3) is 5.69 Å². The van der Waals surface area contributed by atoms with Crippen molar-refractivity contribution in [3.8, 4) is 5.69 Å². The molecule has 4 aromatic rings. The number of rotatable bonds is 5. The lowest BCUT2D eigenvalue weighted by atomic mass is 10.00. The molecule has 5 rings (SSSR count). The molecule has 3 aromatic carbocycles. The molecular formula is C30H29N3O3. The number of esters is 1. The molecule has 1 aliphatic heterocycles. The highest BCUT2D eigenvalue weighted by molar-refractivity contribution is 5.94. The predicted molar refractivity (Wildman–Crippen MR) is 140 cm³/mol. The number of nitrogens with one attached hydrogen (secondary N) is 1. The van der Waals surface area contributed by atoms with E-state index < -0.39 is 5.97 Å². The number of aromatic nitrogens is 1. The number of amides is 2. The molecule has 36 heavy (non-hydrogen) atoms. The van der Waals surface area contributed by atoms with Gasteiger partial charge >= 0.3 is 12.0 Å². The molecule has 1 atom stereocenters. The molecule has 0 bridgehead atoms. The van der Waals surface area contributed by atoms with E-state index in [0.717, 1.165) is 28.9 Å². The Morgan fingerprint density at radius 2 is 1.75 bits per heavy atom. The Morgan fingerprint density at radius 1 is 0.944 bits per heavy atom. The number of ether oxygens (including phenoxy) is 1. The average Bonchev–Trinajstić information content (AvgIpc) is 3.33. The fourth-order valence-corrected chi connectivity index (χ4v) is 4.76. The lowest BCUT2D eigenvalue weighted by Gasteiger charge is -2.31. The first-order chi connectivity index (χ1) is 17.6. The van der Waals surface area contributed by atoms with Crippen molar-refractivity contribution in [3.63, 3.8) is 0 Å². The molecule has 6 heteroatoms. The summed E-state index contributed by atoms with van der Waals surface area (Å²) in [5.74, 6) is -0.413. The van der Waals surface area contributed by atoms with E-state index in [1.807, 2.05) is 29.3 Å². The third-order valence-corrected chi connectivity index (χ3v) is 6.55. The fourth-order valence-electron chi connectivity index (χ4n) is 4.76. The number of nitrogens with zero attached hydrogens (tertiary/aromatic N) is 2. The summed E-state index contributed by atoms with van der Waals surface area (Å²) in [7, 11) is 0. The highest BCUT2D eigenvalue weighted by Gasteiger charge is 2.33. The van der Waals surface area contributed by atoms with Gasteiger partial charge in [-0.05, 0) is 66.4 Å². The summed E-state index contributed by atoms with van der Waals surface area (Å²) in [4.78, 5) is 27.9. The average molecular weight is 480 g/mol. The van der Waals surface area contributed by atoms with E-state index in [4.69, 9.17) is 4.74 Å². The van der Waals surface area contributed by atoms with Gasteiger partial charge in [-0.3, -0.25) is 0 Å². The van der Waals surface area contributed by atoms with Crippen LogP contribution in [0, 0.1) is 0 Å². The van der Waals surface area contributed by atoms with Crippen molar-refractivity contribution < 1.29 is 14.3 Å². The van der Waals surface area contributed by atoms with Gasteiger partial charge in [-0.25, -0.2) is 9.59 Å². The molecule has 0 aliphatic carbocycles. The zero-order valence-electron chi connectivity index (χ0n) is 20.5. The van der Waals surface area contributed by atoms with Crippen molar-refractivity contribution in [1.82, 2.24) is 9.47 Å². The minimum atomic E-state index is -0.413. The van der Waals surface area contributed by atoms with Crippen LogP contribution in [-0.2, 0) is 17.7 Å². The second-order valence-corrected chi connectivity index (χ2v) is 8.79. The SMILES string of the molecule is CCOC(=O)c1cccc(NC(=O)N2Cc3ccccc3-n3cccc3[C@@H]2c2ccc(CC)cc2)c1. The maximum Gasteiger partial charge on any atom is 0.338 e. The Balaban J connectivity index is 1.55. The third-order valence-electron chi connectivity index (χ3n) is 6.55. The Hall–Kier alpha value is -4.32. The summed E-state index contributed by atoms with van der Waals surface area (Å²) in [6.07, 6.45) is 3.00. The maximum absolute atomic E-state index is 13.9. The number of carbonyl (C=O) groups is 2. The summed E-state index contributed by atoms with van der Waals surface area (Å²) in [5.41, 5.74) is 6.35. The van der Waals surface area contributed by atoms with Crippen LogP contribution in [0.4, 0.5) is 10.5 Å². The number of anilines is 1. The smallest absolute Gasteiger partial charge is 0.338 e. The number of aryl methyl sites for hydroxylation is 1.